The molecule has 0 atom stereocenters. The molecule has 0 spiro atoms. The van der Waals surface area contributed by atoms with Gasteiger partial charge in [0.1, 0.15) is 5.82 Å². The van der Waals surface area contributed by atoms with E-state index in [1.54, 1.807) is 0 Å². The quantitative estimate of drug-likeness (QED) is 0.799. The van der Waals surface area contributed by atoms with E-state index in [2.05, 4.69) is 39.9 Å². The molecule has 0 saturated carbocycles. The fraction of sp³-hybridized carbons (Fsp3) is 0.619. The smallest absolute Gasteiger partial charge is 0.154 e. The fourth-order valence-corrected chi connectivity index (χ4v) is 4.03. The topological polar surface area (TPSA) is 43.2 Å². The number of likely N-dealkylation sites (tertiary alicyclic amines) is 1. The van der Waals surface area contributed by atoms with E-state index in [0.717, 1.165) is 57.2 Å². The maximum atomic E-state index is 5.51. The Bertz CT molecular complexity index is 673. The van der Waals surface area contributed by atoms with Crippen LogP contribution in [0.4, 0.5) is 0 Å². The predicted octanol–water partition coefficient (Wildman–Crippen LogP) is 3.25. The minimum Gasteiger partial charge on any atom is -0.381 e. The number of piperidine rings is 1. The third kappa shape index (κ3) is 4.51. The molecule has 0 aliphatic carbocycles. The largest absolute Gasteiger partial charge is 0.381 e. The zero-order chi connectivity index (χ0) is 17.6. The first kappa shape index (κ1) is 17.7. The minimum absolute atomic E-state index is 0.453. The zero-order valence-corrected chi connectivity index (χ0v) is 15.6. The van der Waals surface area contributed by atoms with Gasteiger partial charge in [0.15, 0.2) is 5.82 Å². The second-order valence-electron chi connectivity index (χ2n) is 7.57. The molecule has 2 aliphatic rings. The van der Waals surface area contributed by atoms with Crippen LogP contribution in [0, 0.1) is 0 Å². The van der Waals surface area contributed by atoms with E-state index >= 15 is 0 Å². The number of benzene rings is 1. The molecule has 0 N–H and O–H groups in total. The number of rotatable bonds is 6. The van der Waals surface area contributed by atoms with Gasteiger partial charge in [0.25, 0.3) is 0 Å². The summed E-state index contributed by atoms with van der Waals surface area (Å²) >= 11 is 0. The van der Waals surface area contributed by atoms with Gasteiger partial charge in [-0.25, -0.2) is 9.67 Å². The molecule has 2 aromatic rings. The van der Waals surface area contributed by atoms with Crippen molar-refractivity contribution in [1.82, 2.24) is 19.7 Å². The molecule has 1 aromatic heterocycles. The van der Waals surface area contributed by atoms with Crippen molar-refractivity contribution < 1.29 is 4.74 Å². The molecule has 0 bridgehead atoms. The first-order valence-corrected chi connectivity index (χ1v) is 10.2. The summed E-state index contributed by atoms with van der Waals surface area (Å²) < 4.78 is 7.65. The molecule has 5 nitrogen and oxygen atoms in total. The fourth-order valence-electron chi connectivity index (χ4n) is 4.03. The summed E-state index contributed by atoms with van der Waals surface area (Å²) in [5.41, 5.74) is 1.29. The molecule has 5 heteroatoms. The second-order valence-corrected chi connectivity index (χ2v) is 7.57. The lowest BCUT2D eigenvalue weighted by Gasteiger charge is -2.26. The van der Waals surface area contributed by atoms with Gasteiger partial charge in [-0.3, -0.25) is 0 Å². The van der Waals surface area contributed by atoms with Gasteiger partial charge in [-0.05, 0) is 44.3 Å². The number of nitrogens with zero attached hydrogens (tertiary/aromatic N) is 4. The molecule has 1 aromatic carbocycles. The summed E-state index contributed by atoms with van der Waals surface area (Å²) in [5, 5.41) is 4.92. The minimum atomic E-state index is 0.453. The Morgan fingerprint density at radius 1 is 1.00 bits per heavy atom. The molecule has 0 unspecified atom stereocenters. The lowest BCUT2D eigenvalue weighted by molar-refractivity contribution is 0.0835. The Morgan fingerprint density at radius 3 is 2.54 bits per heavy atom. The van der Waals surface area contributed by atoms with Crippen molar-refractivity contribution in [2.45, 2.75) is 51.0 Å². The summed E-state index contributed by atoms with van der Waals surface area (Å²) in [7, 11) is 0. The second kappa shape index (κ2) is 8.78. The van der Waals surface area contributed by atoms with E-state index in [1.807, 2.05) is 0 Å². The lowest BCUT2D eigenvalue weighted by atomic mass is 10.00. The molecule has 2 fully saturated rings. The third-order valence-corrected chi connectivity index (χ3v) is 5.63. The molecule has 26 heavy (non-hydrogen) atoms. The highest BCUT2D eigenvalue weighted by molar-refractivity contribution is 5.15. The molecular formula is C21H30N4O. The summed E-state index contributed by atoms with van der Waals surface area (Å²) in [5.74, 6) is 2.62. The monoisotopic (exact) mass is 354 g/mol. The number of hydrogen-bond acceptors (Lipinski definition) is 4. The van der Waals surface area contributed by atoms with Gasteiger partial charge in [0.2, 0.25) is 0 Å². The Kier molecular flexibility index (Phi) is 5.97. The van der Waals surface area contributed by atoms with Crippen LogP contribution in [-0.2, 0) is 17.7 Å². The molecule has 0 amide bonds. The Balaban J connectivity index is 1.49. The summed E-state index contributed by atoms with van der Waals surface area (Å²) in [6.45, 7) is 6.05. The van der Waals surface area contributed by atoms with E-state index in [-0.39, 0.29) is 0 Å². The van der Waals surface area contributed by atoms with Crippen LogP contribution in [0.1, 0.15) is 55.2 Å². The van der Waals surface area contributed by atoms with Crippen LogP contribution in [0.15, 0.2) is 30.3 Å². The van der Waals surface area contributed by atoms with Crippen molar-refractivity contribution in [3.63, 3.8) is 0 Å². The standard InChI is InChI=1S/C21H30N4O/c1-3-7-18(8-4-1)17-25-20(9-14-24-12-5-2-6-13-24)22-21(23-25)19-10-15-26-16-11-19/h1,3-4,7-8,19H,2,5-6,9-17H2. The molecular weight excluding hydrogens is 324 g/mol. The summed E-state index contributed by atoms with van der Waals surface area (Å²) in [4.78, 5) is 7.57. The van der Waals surface area contributed by atoms with Gasteiger partial charge < -0.3 is 9.64 Å². The van der Waals surface area contributed by atoms with Crippen molar-refractivity contribution in [3.8, 4) is 0 Å². The summed E-state index contributed by atoms with van der Waals surface area (Å²) in [6.07, 6.45) is 7.13. The zero-order valence-electron chi connectivity index (χ0n) is 15.6. The van der Waals surface area contributed by atoms with E-state index in [9.17, 15) is 0 Å². The van der Waals surface area contributed by atoms with E-state index < -0.39 is 0 Å². The number of ether oxygens (including phenoxy) is 1. The van der Waals surface area contributed by atoms with Gasteiger partial charge in [-0.15, -0.1) is 0 Å². The van der Waals surface area contributed by atoms with Crippen LogP contribution < -0.4 is 0 Å². The van der Waals surface area contributed by atoms with Crippen LogP contribution in [0.5, 0.6) is 0 Å². The Labute approximate surface area is 156 Å². The lowest BCUT2D eigenvalue weighted by Crippen LogP contribution is -2.32. The normalized spacial score (nSPS) is 19.7. The van der Waals surface area contributed by atoms with Crippen LogP contribution >= 0.6 is 0 Å². The first-order valence-electron chi connectivity index (χ1n) is 10.2. The highest BCUT2D eigenvalue weighted by Gasteiger charge is 2.22. The number of hydrogen-bond donors (Lipinski definition) is 0. The molecule has 4 rings (SSSR count). The average molecular weight is 354 g/mol. The summed E-state index contributed by atoms with van der Waals surface area (Å²) in [6, 6.07) is 10.6. The van der Waals surface area contributed by atoms with Crippen LogP contribution in [0.3, 0.4) is 0 Å². The van der Waals surface area contributed by atoms with Crippen molar-refractivity contribution >= 4 is 0 Å². The van der Waals surface area contributed by atoms with Crippen LogP contribution in [-0.4, -0.2) is 52.5 Å². The van der Waals surface area contributed by atoms with Gasteiger partial charge in [-0.2, -0.15) is 5.10 Å². The molecule has 3 heterocycles. The maximum absolute atomic E-state index is 5.51. The van der Waals surface area contributed by atoms with Crippen molar-refractivity contribution in [1.29, 1.82) is 0 Å². The number of aromatic nitrogens is 3. The highest BCUT2D eigenvalue weighted by Crippen LogP contribution is 2.25. The SMILES string of the molecule is c1ccc(Cn2nc(C3CCOCC3)nc2CCN2CCCCC2)cc1. The molecule has 140 valence electrons. The maximum Gasteiger partial charge on any atom is 0.154 e. The van der Waals surface area contributed by atoms with E-state index in [1.165, 1.54) is 37.9 Å². The van der Waals surface area contributed by atoms with E-state index in [0.29, 0.717) is 5.92 Å². The van der Waals surface area contributed by atoms with Gasteiger partial charge in [0.05, 0.1) is 6.54 Å². The van der Waals surface area contributed by atoms with Crippen molar-refractivity contribution in [2.24, 2.45) is 0 Å². The predicted molar refractivity (Wildman–Crippen MR) is 102 cm³/mol. The van der Waals surface area contributed by atoms with Crippen molar-refractivity contribution in [3.05, 3.63) is 47.5 Å². The highest BCUT2D eigenvalue weighted by atomic mass is 16.5. The average Bonchev–Trinajstić information content (AvgIpc) is 3.11. The van der Waals surface area contributed by atoms with Gasteiger partial charge >= 0.3 is 0 Å². The van der Waals surface area contributed by atoms with E-state index in [4.69, 9.17) is 14.8 Å². The van der Waals surface area contributed by atoms with Crippen molar-refractivity contribution in [2.75, 3.05) is 32.8 Å². The van der Waals surface area contributed by atoms with Gasteiger partial charge in [-0.1, -0.05) is 36.8 Å². The third-order valence-electron chi connectivity index (χ3n) is 5.63. The van der Waals surface area contributed by atoms with Crippen LogP contribution in [0.25, 0.3) is 0 Å². The van der Waals surface area contributed by atoms with Gasteiger partial charge in [0, 0.05) is 32.1 Å². The van der Waals surface area contributed by atoms with Crippen LogP contribution in [0.2, 0.25) is 0 Å². The molecule has 2 saturated heterocycles. The molecule has 2 aliphatic heterocycles. The first-order chi connectivity index (χ1) is 12.9. The molecule has 0 radical (unpaired) electrons. The Morgan fingerprint density at radius 2 is 1.77 bits per heavy atom. The Hall–Kier alpha value is -1.72.